The summed E-state index contributed by atoms with van der Waals surface area (Å²) >= 11 is 17.8. The molecule has 0 aliphatic carbocycles. The molecule has 0 atom stereocenters. The second-order valence-electron chi connectivity index (χ2n) is 6.44. The highest BCUT2D eigenvalue weighted by atomic mass is 35.5. The monoisotopic (exact) mass is 484 g/mol. The van der Waals surface area contributed by atoms with Crippen molar-refractivity contribution in [2.75, 3.05) is 32.9 Å². The van der Waals surface area contributed by atoms with Crippen molar-refractivity contribution in [2.24, 2.45) is 0 Å². The van der Waals surface area contributed by atoms with Gasteiger partial charge in [0.05, 0.1) is 35.3 Å². The highest BCUT2D eigenvalue weighted by Crippen LogP contribution is 2.38. The molecular weight excluding hydrogens is 467 g/mol. The van der Waals surface area contributed by atoms with Crippen LogP contribution in [0.5, 0.6) is 11.5 Å². The number of benzene rings is 2. The molecule has 3 rings (SSSR count). The standard InChI is InChI=1S/C20H18Cl2N2O6S/c1-2-29-17-11-13(19(31)23-5-7-28-8-6-23)9-15(22)18(17)30-20(25)12-3-4-14(21)16(10-12)24(26)27/h3-4,9-11H,2,5-8H2,1H3. The molecule has 0 amide bonds. The van der Waals surface area contributed by atoms with Crippen molar-refractivity contribution < 1.29 is 23.9 Å². The molecule has 164 valence electrons. The molecular formula is C20H18Cl2N2O6S. The van der Waals surface area contributed by atoms with Gasteiger partial charge in [0.1, 0.15) is 10.0 Å². The van der Waals surface area contributed by atoms with Crippen LogP contribution in [0.2, 0.25) is 10.0 Å². The number of thiocarbonyl (C=S) groups is 1. The maximum Gasteiger partial charge on any atom is 0.343 e. The fourth-order valence-corrected chi connectivity index (χ4v) is 3.67. The van der Waals surface area contributed by atoms with Crippen LogP contribution in [0.25, 0.3) is 0 Å². The molecule has 0 radical (unpaired) electrons. The van der Waals surface area contributed by atoms with Gasteiger partial charge in [0, 0.05) is 24.7 Å². The number of ether oxygens (including phenoxy) is 3. The molecule has 0 bridgehead atoms. The lowest BCUT2D eigenvalue weighted by Crippen LogP contribution is -2.40. The zero-order chi connectivity index (χ0) is 22.5. The summed E-state index contributed by atoms with van der Waals surface area (Å²) in [6.07, 6.45) is 0. The summed E-state index contributed by atoms with van der Waals surface area (Å²) in [6.45, 7) is 4.54. The predicted octanol–water partition coefficient (Wildman–Crippen LogP) is 4.53. The lowest BCUT2D eigenvalue weighted by Gasteiger charge is -2.29. The van der Waals surface area contributed by atoms with E-state index in [4.69, 9.17) is 49.6 Å². The third kappa shape index (κ3) is 5.43. The van der Waals surface area contributed by atoms with Crippen LogP contribution >= 0.6 is 35.4 Å². The molecule has 2 aromatic rings. The number of morpholine rings is 1. The Morgan fingerprint density at radius 2 is 1.90 bits per heavy atom. The fourth-order valence-electron chi connectivity index (χ4n) is 2.93. The first-order valence-corrected chi connectivity index (χ1v) is 10.5. The van der Waals surface area contributed by atoms with E-state index >= 15 is 0 Å². The molecule has 0 N–H and O–H groups in total. The Hall–Kier alpha value is -2.46. The van der Waals surface area contributed by atoms with Crippen LogP contribution in [-0.2, 0) is 4.74 Å². The van der Waals surface area contributed by atoms with Crippen LogP contribution < -0.4 is 9.47 Å². The fraction of sp³-hybridized carbons (Fsp3) is 0.300. The number of nitro benzene ring substituents is 1. The molecule has 31 heavy (non-hydrogen) atoms. The van der Waals surface area contributed by atoms with Crippen molar-refractivity contribution in [1.29, 1.82) is 0 Å². The molecule has 0 spiro atoms. The Bertz CT molecular complexity index is 1030. The van der Waals surface area contributed by atoms with Gasteiger partial charge in [-0.2, -0.15) is 0 Å². The quantitative estimate of drug-likeness (QED) is 0.194. The molecule has 0 unspecified atom stereocenters. The molecule has 2 aromatic carbocycles. The maximum atomic E-state index is 12.6. The van der Waals surface area contributed by atoms with Crippen LogP contribution in [0.15, 0.2) is 30.3 Å². The Labute approximate surface area is 193 Å². The van der Waals surface area contributed by atoms with Crippen LogP contribution in [0.1, 0.15) is 22.8 Å². The Morgan fingerprint density at radius 1 is 1.19 bits per heavy atom. The normalized spacial score (nSPS) is 13.6. The van der Waals surface area contributed by atoms with Crippen molar-refractivity contribution in [3.05, 3.63) is 61.6 Å². The second-order valence-corrected chi connectivity index (χ2v) is 7.64. The summed E-state index contributed by atoms with van der Waals surface area (Å²) in [4.78, 5) is 25.6. The molecule has 1 heterocycles. The zero-order valence-electron chi connectivity index (χ0n) is 16.4. The number of esters is 1. The molecule has 1 aliphatic heterocycles. The number of nitro groups is 1. The van der Waals surface area contributed by atoms with Gasteiger partial charge in [0.15, 0.2) is 11.5 Å². The van der Waals surface area contributed by atoms with Gasteiger partial charge in [0.2, 0.25) is 0 Å². The van der Waals surface area contributed by atoms with Crippen molar-refractivity contribution in [2.45, 2.75) is 6.92 Å². The number of halogens is 2. The van der Waals surface area contributed by atoms with E-state index in [1.165, 1.54) is 12.1 Å². The minimum absolute atomic E-state index is 0.000327. The Morgan fingerprint density at radius 3 is 2.55 bits per heavy atom. The molecule has 0 saturated carbocycles. The zero-order valence-corrected chi connectivity index (χ0v) is 18.8. The summed E-state index contributed by atoms with van der Waals surface area (Å²) in [5.41, 5.74) is 0.188. The Balaban J connectivity index is 1.90. The summed E-state index contributed by atoms with van der Waals surface area (Å²) in [6, 6.07) is 6.87. The van der Waals surface area contributed by atoms with E-state index in [0.717, 1.165) is 6.07 Å². The topological polar surface area (TPSA) is 91.1 Å². The molecule has 1 saturated heterocycles. The van der Waals surface area contributed by atoms with Gasteiger partial charge in [-0.15, -0.1) is 0 Å². The van der Waals surface area contributed by atoms with Crippen LogP contribution in [-0.4, -0.2) is 53.7 Å². The number of hydrogen-bond donors (Lipinski definition) is 0. The second kappa shape index (κ2) is 10.2. The van der Waals surface area contributed by atoms with E-state index in [1.54, 1.807) is 19.1 Å². The van der Waals surface area contributed by atoms with Gasteiger partial charge in [-0.1, -0.05) is 35.4 Å². The van der Waals surface area contributed by atoms with E-state index < -0.39 is 16.6 Å². The average Bonchev–Trinajstić information content (AvgIpc) is 2.76. The largest absolute Gasteiger partial charge is 0.490 e. The summed E-state index contributed by atoms with van der Waals surface area (Å²) < 4.78 is 16.4. The number of rotatable bonds is 6. The van der Waals surface area contributed by atoms with Crippen molar-refractivity contribution in [3.8, 4) is 11.5 Å². The maximum absolute atomic E-state index is 12.6. The van der Waals surface area contributed by atoms with E-state index in [1.807, 2.05) is 4.90 Å². The lowest BCUT2D eigenvalue weighted by molar-refractivity contribution is -0.384. The van der Waals surface area contributed by atoms with Gasteiger partial charge in [-0.25, -0.2) is 4.79 Å². The summed E-state index contributed by atoms with van der Waals surface area (Å²) in [5, 5.41) is 11.1. The molecule has 1 aliphatic rings. The number of nitrogens with zero attached hydrogens (tertiary/aromatic N) is 2. The highest BCUT2D eigenvalue weighted by molar-refractivity contribution is 7.80. The predicted molar refractivity (Wildman–Crippen MR) is 120 cm³/mol. The third-order valence-electron chi connectivity index (χ3n) is 4.43. The Kier molecular flexibility index (Phi) is 7.66. The molecule has 8 nitrogen and oxygen atoms in total. The average molecular weight is 485 g/mol. The minimum atomic E-state index is -0.842. The van der Waals surface area contributed by atoms with Crippen LogP contribution in [0.4, 0.5) is 5.69 Å². The first-order valence-electron chi connectivity index (χ1n) is 9.31. The molecule has 0 aromatic heterocycles. The molecule has 1 fully saturated rings. The number of hydrogen-bond acceptors (Lipinski definition) is 7. The van der Waals surface area contributed by atoms with E-state index in [0.29, 0.717) is 43.5 Å². The van der Waals surface area contributed by atoms with E-state index in [-0.39, 0.29) is 27.1 Å². The van der Waals surface area contributed by atoms with E-state index in [9.17, 15) is 14.9 Å². The van der Waals surface area contributed by atoms with Crippen molar-refractivity contribution in [3.63, 3.8) is 0 Å². The third-order valence-corrected chi connectivity index (χ3v) is 5.52. The van der Waals surface area contributed by atoms with Crippen LogP contribution in [0.3, 0.4) is 0 Å². The SMILES string of the molecule is CCOc1cc(C(=S)N2CCOCC2)cc(Cl)c1OC(=O)c1ccc(Cl)c([N+](=O)[O-])c1. The summed E-state index contributed by atoms with van der Waals surface area (Å²) in [5.74, 6) is -0.608. The first-order chi connectivity index (χ1) is 14.8. The van der Waals surface area contributed by atoms with Gasteiger partial charge >= 0.3 is 5.97 Å². The number of carbonyl (C=O) groups is 1. The molecule has 11 heteroatoms. The van der Waals surface area contributed by atoms with E-state index in [2.05, 4.69) is 0 Å². The van der Waals surface area contributed by atoms with Gasteiger partial charge < -0.3 is 19.1 Å². The summed E-state index contributed by atoms with van der Waals surface area (Å²) in [7, 11) is 0. The first kappa shape index (κ1) is 23.2. The lowest BCUT2D eigenvalue weighted by atomic mass is 10.1. The van der Waals surface area contributed by atoms with Gasteiger partial charge in [0.25, 0.3) is 5.69 Å². The minimum Gasteiger partial charge on any atom is -0.490 e. The van der Waals surface area contributed by atoms with Crippen molar-refractivity contribution >= 4 is 52.1 Å². The van der Waals surface area contributed by atoms with Crippen LogP contribution in [0, 0.1) is 10.1 Å². The number of carbonyl (C=O) groups excluding carboxylic acids is 1. The highest BCUT2D eigenvalue weighted by Gasteiger charge is 2.23. The van der Waals surface area contributed by atoms with Gasteiger partial charge in [-0.3, -0.25) is 10.1 Å². The smallest absolute Gasteiger partial charge is 0.343 e. The van der Waals surface area contributed by atoms with Gasteiger partial charge in [-0.05, 0) is 31.2 Å². The van der Waals surface area contributed by atoms with Crippen molar-refractivity contribution in [1.82, 2.24) is 4.90 Å².